The van der Waals surface area contributed by atoms with Crippen molar-refractivity contribution in [2.24, 2.45) is 0 Å². The molecule has 88 valence electrons. The van der Waals surface area contributed by atoms with Crippen molar-refractivity contribution in [2.45, 2.75) is 13.8 Å². The second kappa shape index (κ2) is 4.68. The molecule has 17 heavy (non-hydrogen) atoms. The predicted octanol–water partition coefficient (Wildman–Crippen LogP) is 3.77. The first-order valence-electron chi connectivity index (χ1n) is 5.44. The summed E-state index contributed by atoms with van der Waals surface area (Å²) >= 11 is 6.25. The lowest BCUT2D eigenvalue weighted by Gasteiger charge is -2.11. The Bertz CT molecular complexity index is 508. The summed E-state index contributed by atoms with van der Waals surface area (Å²) in [5, 5.41) is 1.38. The summed E-state index contributed by atoms with van der Waals surface area (Å²) in [5.74, 6) is 0. The van der Waals surface area contributed by atoms with E-state index in [9.17, 15) is 4.57 Å². The van der Waals surface area contributed by atoms with Gasteiger partial charge in [0, 0.05) is 10.6 Å². The maximum Gasteiger partial charge on any atom is 0.225 e. The van der Waals surface area contributed by atoms with Crippen molar-refractivity contribution in [3.05, 3.63) is 59.7 Å². The molecule has 3 heteroatoms. The first-order chi connectivity index (χ1) is 8.00. The van der Waals surface area contributed by atoms with Crippen LogP contribution in [0.25, 0.3) is 0 Å². The highest BCUT2D eigenvalue weighted by Gasteiger charge is 2.23. The third-order valence-corrected chi connectivity index (χ3v) is 5.83. The van der Waals surface area contributed by atoms with Crippen molar-refractivity contribution < 1.29 is 4.57 Å². The van der Waals surface area contributed by atoms with Crippen LogP contribution < -0.4 is 10.6 Å². The Morgan fingerprint density at radius 3 is 1.35 bits per heavy atom. The fourth-order valence-corrected chi connectivity index (χ4v) is 3.66. The predicted molar refractivity (Wildman–Crippen MR) is 75.1 cm³/mol. The van der Waals surface area contributed by atoms with Crippen LogP contribution in [0, 0.1) is 13.8 Å². The van der Waals surface area contributed by atoms with Gasteiger partial charge >= 0.3 is 0 Å². The summed E-state index contributed by atoms with van der Waals surface area (Å²) in [6, 6.07) is 15.1. The van der Waals surface area contributed by atoms with E-state index < -0.39 is 6.49 Å². The quantitative estimate of drug-likeness (QED) is 0.755. The Hall–Kier alpha value is -1.04. The number of hydrogen-bond donors (Lipinski definition) is 0. The van der Waals surface area contributed by atoms with Crippen LogP contribution in [-0.2, 0) is 4.57 Å². The molecular weight excluding hydrogens is 251 g/mol. The van der Waals surface area contributed by atoms with Gasteiger partial charge in [0.15, 0.2) is 0 Å². The van der Waals surface area contributed by atoms with Crippen LogP contribution in [0.3, 0.4) is 0 Å². The van der Waals surface area contributed by atoms with E-state index in [1.807, 2.05) is 62.4 Å². The maximum atomic E-state index is 12.6. The summed E-state index contributed by atoms with van der Waals surface area (Å²) in [6.45, 7) is 1.02. The van der Waals surface area contributed by atoms with Crippen molar-refractivity contribution in [3.63, 3.8) is 0 Å². The lowest BCUT2D eigenvalue weighted by Crippen LogP contribution is -2.11. The van der Waals surface area contributed by atoms with Crippen LogP contribution in [-0.4, -0.2) is 0 Å². The molecule has 1 nitrogen and oxygen atoms in total. The van der Waals surface area contributed by atoms with E-state index in [1.54, 1.807) is 0 Å². The largest absolute Gasteiger partial charge is 0.296 e. The third-order valence-electron chi connectivity index (χ3n) is 2.73. The first-order valence-corrected chi connectivity index (χ1v) is 8.05. The van der Waals surface area contributed by atoms with Gasteiger partial charge in [0.1, 0.15) is 0 Å². The van der Waals surface area contributed by atoms with Gasteiger partial charge in [-0.2, -0.15) is 0 Å². The van der Waals surface area contributed by atoms with Crippen LogP contribution >= 0.6 is 17.7 Å². The molecule has 2 rings (SSSR count). The molecular formula is C14H14ClOP. The second-order valence-corrected chi connectivity index (χ2v) is 7.73. The molecule has 0 atom stereocenters. The van der Waals surface area contributed by atoms with Gasteiger partial charge in [0.05, 0.1) is 0 Å². The van der Waals surface area contributed by atoms with E-state index >= 15 is 0 Å². The molecule has 0 unspecified atom stereocenters. The summed E-state index contributed by atoms with van der Waals surface area (Å²) in [7, 11) is 0. The zero-order chi connectivity index (χ0) is 12.5. The van der Waals surface area contributed by atoms with E-state index in [2.05, 4.69) is 0 Å². The van der Waals surface area contributed by atoms with Crippen molar-refractivity contribution in [1.82, 2.24) is 0 Å². The molecule has 0 spiro atoms. The van der Waals surface area contributed by atoms with Gasteiger partial charge in [0.25, 0.3) is 0 Å². The number of benzene rings is 2. The van der Waals surface area contributed by atoms with E-state index in [1.165, 1.54) is 0 Å². The molecule has 0 aliphatic rings. The number of hydrogen-bond acceptors (Lipinski definition) is 1. The molecule has 0 N–H and O–H groups in total. The molecule has 0 radical (unpaired) electrons. The smallest absolute Gasteiger partial charge is 0.225 e. The molecule has 0 heterocycles. The summed E-state index contributed by atoms with van der Waals surface area (Å²) in [5.41, 5.74) is 2.27. The monoisotopic (exact) mass is 264 g/mol. The topological polar surface area (TPSA) is 17.1 Å². The highest BCUT2D eigenvalue weighted by atomic mass is 35.7. The average molecular weight is 265 g/mol. The molecule has 0 aliphatic carbocycles. The van der Waals surface area contributed by atoms with Gasteiger partial charge in [-0.25, -0.2) is 0 Å². The standard InChI is InChI=1S/C14H14ClOP/c1-11-3-7-13(8-4-11)17(15,16)14-9-5-12(2)6-10-14/h3-10H,1-2H3. The van der Waals surface area contributed by atoms with Gasteiger partial charge in [-0.1, -0.05) is 35.4 Å². The number of halogens is 1. The second-order valence-electron chi connectivity index (χ2n) is 4.20. The highest BCUT2D eigenvalue weighted by molar-refractivity contribution is 8.00. The van der Waals surface area contributed by atoms with Crippen molar-refractivity contribution >= 4 is 28.3 Å². The Labute approximate surface area is 107 Å². The van der Waals surface area contributed by atoms with Crippen LogP contribution in [0.4, 0.5) is 0 Å². The fourth-order valence-electron chi connectivity index (χ4n) is 1.62. The van der Waals surface area contributed by atoms with Gasteiger partial charge in [0.2, 0.25) is 6.49 Å². The molecule has 2 aromatic rings. The molecule has 0 fully saturated rings. The van der Waals surface area contributed by atoms with E-state index in [0.29, 0.717) is 10.6 Å². The van der Waals surface area contributed by atoms with E-state index in [4.69, 9.17) is 11.2 Å². The average Bonchev–Trinajstić information content (AvgIpc) is 2.30. The van der Waals surface area contributed by atoms with Crippen molar-refractivity contribution in [1.29, 1.82) is 0 Å². The normalized spacial score (nSPS) is 11.5. The van der Waals surface area contributed by atoms with Crippen molar-refractivity contribution in [3.8, 4) is 0 Å². The summed E-state index contributed by atoms with van der Waals surface area (Å²) in [4.78, 5) is 0. The molecule has 0 saturated heterocycles. The van der Waals surface area contributed by atoms with Crippen molar-refractivity contribution in [2.75, 3.05) is 0 Å². The van der Waals surface area contributed by atoms with Crippen LogP contribution in [0.15, 0.2) is 48.5 Å². The molecule has 0 amide bonds. The number of aryl methyl sites for hydroxylation is 2. The summed E-state index contributed by atoms with van der Waals surface area (Å²) in [6.07, 6.45) is 0. The molecule has 0 saturated carbocycles. The lowest BCUT2D eigenvalue weighted by atomic mass is 10.2. The molecule has 2 aromatic carbocycles. The van der Waals surface area contributed by atoms with Gasteiger partial charge in [-0.15, -0.1) is 0 Å². The number of rotatable bonds is 2. The van der Waals surface area contributed by atoms with E-state index in [0.717, 1.165) is 11.1 Å². The zero-order valence-corrected chi connectivity index (χ0v) is 11.5. The lowest BCUT2D eigenvalue weighted by molar-refractivity contribution is 0.595. The molecule has 0 bridgehead atoms. The van der Waals surface area contributed by atoms with Gasteiger partial charge in [-0.3, -0.25) is 4.57 Å². The van der Waals surface area contributed by atoms with E-state index in [-0.39, 0.29) is 0 Å². The Kier molecular flexibility index (Phi) is 3.42. The minimum absolute atomic E-state index is 0.689. The maximum absolute atomic E-state index is 12.6. The highest BCUT2D eigenvalue weighted by Crippen LogP contribution is 2.48. The minimum atomic E-state index is -2.96. The van der Waals surface area contributed by atoms with Crippen LogP contribution in [0.1, 0.15) is 11.1 Å². The van der Waals surface area contributed by atoms with Gasteiger partial charge < -0.3 is 0 Å². The third kappa shape index (κ3) is 2.62. The molecule has 0 aliphatic heterocycles. The van der Waals surface area contributed by atoms with Crippen LogP contribution in [0.5, 0.6) is 0 Å². The van der Waals surface area contributed by atoms with Crippen LogP contribution in [0.2, 0.25) is 0 Å². The SMILES string of the molecule is Cc1ccc(P(=O)(Cl)c2ccc(C)cc2)cc1. The Morgan fingerprint density at radius 2 is 1.06 bits per heavy atom. The molecule has 0 aromatic heterocycles. The minimum Gasteiger partial charge on any atom is -0.296 e. The zero-order valence-electron chi connectivity index (χ0n) is 9.85. The fraction of sp³-hybridized carbons (Fsp3) is 0.143. The Balaban J connectivity index is 2.45. The van der Waals surface area contributed by atoms with Gasteiger partial charge in [-0.05, 0) is 49.4 Å². The first kappa shape index (κ1) is 12.4. The summed E-state index contributed by atoms with van der Waals surface area (Å²) < 4.78 is 12.6. The Morgan fingerprint density at radius 1 is 0.765 bits per heavy atom.